The highest BCUT2D eigenvalue weighted by molar-refractivity contribution is 9.10. The van der Waals surface area contributed by atoms with Crippen molar-refractivity contribution in [2.24, 2.45) is 0 Å². The average Bonchev–Trinajstić information content (AvgIpc) is 2.46. The van der Waals surface area contributed by atoms with Crippen molar-refractivity contribution in [1.29, 1.82) is 0 Å². The highest BCUT2D eigenvalue weighted by atomic mass is 79.9. The Balaban J connectivity index is 2.27. The third kappa shape index (κ3) is 3.87. The monoisotopic (exact) mass is 371 g/mol. The van der Waals surface area contributed by atoms with Gasteiger partial charge in [-0.25, -0.2) is 0 Å². The molecule has 21 heavy (non-hydrogen) atoms. The lowest BCUT2D eigenvalue weighted by atomic mass is 10.0. The van der Waals surface area contributed by atoms with Crippen molar-refractivity contribution in [1.82, 2.24) is 4.98 Å². The number of methoxy groups -OCH3 is 2. The predicted molar refractivity (Wildman–Crippen MR) is 85.2 cm³/mol. The molecule has 2 aromatic rings. The van der Waals surface area contributed by atoms with E-state index in [2.05, 4.69) is 20.9 Å². The van der Waals surface area contributed by atoms with Crippen molar-refractivity contribution in [2.75, 3.05) is 14.2 Å². The van der Waals surface area contributed by atoms with E-state index in [4.69, 9.17) is 21.1 Å². The number of halogens is 2. The van der Waals surface area contributed by atoms with Gasteiger partial charge in [0.05, 0.1) is 25.3 Å². The van der Waals surface area contributed by atoms with Crippen LogP contribution in [0.2, 0.25) is 5.02 Å². The molecule has 0 aliphatic rings. The van der Waals surface area contributed by atoms with Gasteiger partial charge in [0.2, 0.25) is 0 Å². The molecule has 0 spiro atoms. The lowest BCUT2D eigenvalue weighted by Gasteiger charge is -2.15. The van der Waals surface area contributed by atoms with Crippen LogP contribution in [0.15, 0.2) is 35.1 Å². The van der Waals surface area contributed by atoms with Crippen molar-refractivity contribution in [2.45, 2.75) is 12.5 Å². The average molecular weight is 373 g/mol. The normalized spacial score (nSPS) is 12.0. The van der Waals surface area contributed by atoms with Gasteiger partial charge in [-0.3, -0.25) is 4.98 Å². The van der Waals surface area contributed by atoms with Crippen LogP contribution in [-0.2, 0) is 6.42 Å². The molecule has 1 aromatic heterocycles. The smallest absolute Gasteiger partial charge is 0.179 e. The van der Waals surface area contributed by atoms with Crippen LogP contribution in [-0.4, -0.2) is 24.3 Å². The van der Waals surface area contributed by atoms with Crippen molar-refractivity contribution < 1.29 is 14.6 Å². The molecule has 1 N–H and O–H groups in total. The largest absolute Gasteiger partial charge is 0.493 e. The van der Waals surface area contributed by atoms with Crippen LogP contribution in [0, 0.1) is 0 Å². The fourth-order valence-corrected chi connectivity index (χ4v) is 2.75. The Bertz CT molecular complexity index is 636. The number of aromatic nitrogens is 1. The van der Waals surface area contributed by atoms with Gasteiger partial charge in [0.25, 0.3) is 0 Å². The first-order valence-corrected chi connectivity index (χ1v) is 7.41. The number of nitrogens with zero attached hydrogens (tertiary/aromatic N) is 1. The maximum Gasteiger partial charge on any atom is 0.179 e. The lowest BCUT2D eigenvalue weighted by molar-refractivity contribution is 0.177. The van der Waals surface area contributed by atoms with Crippen LogP contribution in [0.3, 0.4) is 0 Å². The standard InChI is InChI=1S/C15H15BrClNO3/c1-20-14-6-10(5-12(17)15(14)21-2)13(19)4-9-3-11(16)8-18-7-9/h3,5-8,13,19H,4H2,1-2H3. The molecule has 6 heteroatoms. The number of rotatable bonds is 5. The molecular weight excluding hydrogens is 358 g/mol. The van der Waals surface area contributed by atoms with Crippen LogP contribution in [0.1, 0.15) is 17.2 Å². The third-order valence-corrected chi connectivity index (χ3v) is 3.75. The summed E-state index contributed by atoms with van der Waals surface area (Å²) < 4.78 is 11.3. The molecule has 0 saturated heterocycles. The lowest BCUT2D eigenvalue weighted by Crippen LogP contribution is -2.03. The SMILES string of the molecule is COc1cc(C(O)Cc2cncc(Br)c2)cc(Cl)c1OC. The zero-order valence-electron chi connectivity index (χ0n) is 11.6. The van der Waals surface area contributed by atoms with Crippen molar-refractivity contribution in [3.63, 3.8) is 0 Å². The van der Waals surface area contributed by atoms with E-state index in [0.29, 0.717) is 28.5 Å². The van der Waals surface area contributed by atoms with Gasteiger partial charge in [0, 0.05) is 23.3 Å². The molecule has 0 aliphatic carbocycles. The number of pyridine rings is 1. The molecule has 1 heterocycles. The Labute approximate surface area is 136 Å². The topological polar surface area (TPSA) is 51.6 Å². The molecular formula is C15H15BrClNO3. The zero-order valence-corrected chi connectivity index (χ0v) is 14.0. The Morgan fingerprint density at radius 2 is 2.00 bits per heavy atom. The van der Waals surface area contributed by atoms with E-state index < -0.39 is 6.10 Å². The summed E-state index contributed by atoms with van der Waals surface area (Å²) in [6.07, 6.45) is 3.14. The quantitative estimate of drug-likeness (QED) is 0.867. The Hall–Kier alpha value is -1.30. The molecule has 0 saturated carbocycles. The summed E-state index contributed by atoms with van der Waals surface area (Å²) in [5.41, 5.74) is 1.58. The summed E-state index contributed by atoms with van der Waals surface area (Å²) in [5, 5.41) is 10.8. The summed E-state index contributed by atoms with van der Waals surface area (Å²) in [7, 11) is 3.05. The first-order valence-electron chi connectivity index (χ1n) is 6.24. The van der Waals surface area contributed by atoms with Crippen LogP contribution >= 0.6 is 27.5 Å². The van der Waals surface area contributed by atoms with Gasteiger partial charge in [0.15, 0.2) is 11.5 Å². The molecule has 0 aliphatic heterocycles. The number of aliphatic hydroxyl groups excluding tert-OH is 1. The fourth-order valence-electron chi connectivity index (χ4n) is 2.04. The van der Waals surface area contributed by atoms with E-state index >= 15 is 0 Å². The Morgan fingerprint density at radius 1 is 1.24 bits per heavy atom. The van der Waals surface area contributed by atoms with Crippen LogP contribution in [0.4, 0.5) is 0 Å². The van der Waals surface area contributed by atoms with Crippen molar-refractivity contribution in [3.8, 4) is 11.5 Å². The van der Waals surface area contributed by atoms with Gasteiger partial charge in [-0.15, -0.1) is 0 Å². The summed E-state index contributed by atoms with van der Waals surface area (Å²) in [6, 6.07) is 5.32. The van der Waals surface area contributed by atoms with Crippen molar-refractivity contribution in [3.05, 3.63) is 51.2 Å². The number of ether oxygens (including phenoxy) is 2. The molecule has 0 bridgehead atoms. The first kappa shape index (κ1) is 16.1. The first-order chi connectivity index (χ1) is 10.0. The van der Waals surface area contributed by atoms with Gasteiger partial charge < -0.3 is 14.6 Å². The Morgan fingerprint density at radius 3 is 2.62 bits per heavy atom. The summed E-state index contributed by atoms with van der Waals surface area (Å²) in [5.74, 6) is 0.950. The summed E-state index contributed by atoms with van der Waals surface area (Å²) in [4.78, 5) is 4.08. The second-order valence-electron chi connectivity index (χ2n) is 4.47. The van der Waals surface area contributed by atoms with E-state index in [-0.39, 0.29) is 0 Å². The second-order valence-corrected chi connectivity index (χ2v) is 5.79. The molecule has 0 radical (unpaired) electrons. The van der Waals surface area contributed by atoms with Crippen molar-refractivity contribution >= 4 is 27.5 Å². The van der Waals surface area contributed by atoms with Crippen LogP contribution < -0.4 is 9.47 Å². The van der Waals surface area contributed by atoms with Crippen LogP contribution in [0.25, 0.3) is 0 Å². The Kier molecular flexibility index (Phi) is 5.45. The molecule has 2 rings (SSSR count). The maximum atomic E-state index is 10.4. The predicted octanol–water partition coefficient (Wildman–Crippen LogP) is 3.79. The molecule has 0 fully saturated rings. The van der Waals surface area contributed by atoms with E-state index in [1.54, 1.807) is 24.5 Å². The number of hydrogen-bond donors (Lipinski definition) is 1. The van der Waals surface area contributed by atoms with Crippen LogP contribution in [0.5, 0.6) is 11.5 Å². The minimum atomic E-state index is -0.710. The molecule has 1 unspecified atom stereocenters. The van der Waals surface area contributed by atoms with Gasteiger partial charge in [-0.05, 0) is 45.3 Å². The van der Waals surface area contributed by atoms with E-state index in [9.17, 15) is 5.11 Å². The molecule has 1 aromatic carbocycles. The number of benzene rings is 1. The van der Waals surface area contributed by atoms with E-state index in [1.807, 2.05) is 6.07 Å². The molecule has 112 valence electrons. The third-order valence-electron chi connectivity index (χ3n) is 3.03. The minimum absolute atomic E-state index is 0.401. The van der Waals surface area contributed by atoms with E-state index in [0.717, 1.165) is 10.0 Å². The van der Waals surface area contributed by atoms with E-state index in [1.165, 1.54) is 14.2 Å². The van der Waals surface area contributed by atoms with Gasteiger partial charge in [0.1, 0.15) is 0 Å². The fraction of sp³-hybridized carbons (Fsp3) is 0.267. The summed E-state index contributed by atoms with van der Waals surface area (Å²) in [6.45, 7) is 0. The molecule has 4 nitrogen and oxygen atoms in total. The highest BCUT2D eigenvalue weighted by Gasteiger charge is 2.16. The molecule has 1 atom stereocenters. The summed E-state index contributed by atoms with van der Waals surface area (Å²) >= 11 is 9.51. The van der Waals surface area contributed by atoms with Gasteiger partial charge in [-0.2, -0.15) is 0 Å². The number of aliphatic hydroxyl groups is 1. The molecule has 0 amide bonds. The minimum Gasteiger partial charge on any atom is -0.493 e. The number of hydrogen-bond acceptors (Lipinski definition) is 4. The van der Waals surface area contributed by atoms with Gasteiger partial charge in [-0.1, -0.05) is 11.6 Å². The highest BCUT2D eigenvalue weighted by Crippen LogP contribution is 2.38. The second kappa shape index (κ2) is 7.11. The maximum absolute atomic E-state index is 10.4. The zero-order chi connectivity index (χ0) is 15.4. The van der Waals surface area contributed by atoms with Gasteiger partial charge >= 0.3 is 0 Å².